The number of rotatable bonds is 0. The van der Waals surface area contributed by atoms with E-state index in [0.717, 1.165) is 0 Å². The van der Waals surface area contributed by atoms with Gasteiger partial charge in [0.25, 0.3) is 0 Å². The number of benzene rings is 1. The van der Waals surface area contributed by atoms with E-state index in [2.05, 4.69) is 44.5 Å². The topological polar surface area (TPSA) is 0 Å². The van der Waals surface area contributed by atoms with E-state index in [1.54, 1.807) is 0 Å². The van der Waals surface area contributed by atoms with E-state index < -0.39 is 20.8 Å². The standard InChI is InChI=1S/C11H13.2ClH.Zr/c1-11(2)7-9-5-3-4-6-10(9)8-11;;;/h3-7H,8H2,1-2H3;2*1H;/q;;;+2/p-2. The van der Waals surface area contributed by atoms with E-state index in [-0.39, 0.29) is 0 Å². The Morgan fingerprint density at radius 1 is 1.21 bits per heavy atom. The van der Waals surface area contributed by atoms with Gasteiger partial charge >= 0.3 is 37.9 Å². The molecule has 1 aromatic rings. The molecule has 0 atom stereocenters. The zero-order valence-corrected chi connectivity index (χ0v) is 12.3. The molecule has 1 aliphatic carbocycles. The Bertz CT molecular complexity index is 270. The summed E-state index contributed by atoms with van der Waals surface area (Å²) in [5.41, 5.74) is 3.30. The Labute approximate surface area is 105 Å². The summed E-state index contributed by atoms with van der Waals surface area (Å²) in [5.74, 6) is 0. The first kappa shape index (κ1) is 12.8. The third-order valence-electron chi connectivity index (χ3n) is 2.25. The minimum absolute atomic E-state index is 0.379. The quantitative estimate of drug-likeness (QED) is 0.674. The van der Waals surface area contributed by atoms with Crippen molar-refractivity contribution in [3.63, 3.8) is 0 Å². The van der Waals surface area contributed by atoms with Gasteiger partial charge in [-0.25, -0.2) is 0 Å². The summed E-state index contributed by atoms with van der Waals surface area (Å²) in [6.45, 7) is 4.57. The molecule has 2 rings (SSSR count). The van der Waals surface area contributed by atoms with Crippen molar-refractivity contribution in [2.75, 3.05) is 0 Å². The van der Waals surface area contributed by atoms with Gasteiger partial charge in [-0.05, 0) is 29.4 Å². The van der Waals surface area contributed by atoms with Crippen molar-refractivity contribution in [1.82, 2.24) is 0 Å². The Morgan fingerprint density at radius 3 is 2.36 bits per heavy atom. The molecular weight excluding hydrogens is 294 g/mol. The molecule has 1 aliphatic rings. The van der Waals surface area contributed by atoms with Gasteiger partial charge in [0.2, 0.25) is 0 Å². The number of hydrogen-bond donors (Lipinski definition) is 0. The monoisotopic (exact) mass is 305 g/mol. The third-order valence-corrected chi connectivity index (χ3v) is 2.25. The molecule has 0 bridgehead atoms. The van der Waals surface area contributed by atoms with Crippen molar-refractivity contribution >= 4 is 17.0 Å². The normalized spacial score (nSPS) is 16.6. The Hall–Kier alpha value is 0.683. The molecular formula is C11H13Cl2Zr. The average Bonchev–Trinajstić information content (AvgIpc) is 2.39. The number of hydrogen-bond acceptors (Lipinski definition) is 0. The molecule has 0 amide bonds. The van der Waals surface area contributed by atoms with Gasteiger partial charge < -0.3 is 0 Å². The van der Waals surface area contributed by atoms with Crippen LogP contribution in [0.25, 0.3) is 0 Å². The molecule has 0 aliphatic heterocycles. The molecule has 3 heteroatoms. The van der Waals surface area contributed by atoms with Crippen molar-refractivity contribution in [2.24, 2.45) is 5.41 Å². The molecule has 1 radical (unpaired) electrons. The fourth-order valence-electron chi connectivity index (χ4n) is 1.80. The predicted octanol–water partition coefficient (Wildman–Crippen LogP) is 4.20. The van der Waals surface area contributed by atoms with Crippen molar-refractivity contribution in [1.29, 1.82) is 0 Å². The molecule has 0 saturated heterocycles. The van der Waals surface area contributed by atoms with Crippen LogP contribution in [0, 0.1) is 11.8 Å². The van der Waals surface area contributed by atoms with E-state index in [1.807, 2.05) is 0 Å². The Balaban J connectivity index is 0.000000293. The first-order chi connectivity index (χ1) is 6.59. The summed E-state index contributed by atoms with van der Waals surface area (Å²) in [5, 5.41) is 0. The molecule has 14 heavy (non-hydrogen) atoms. The summed E-state index contributed by atoms with van der Waals surface area (Å²) in [6.07, 6.45) is 3.56. The van der Waals surface area contributed by atoms with E-state index in [4.69, 9.17) is 17.0 Å². The summed E-state index contributed by atoms with van der Waals surface area (Å²) in [6, 6.07) is 8.65. The minimum atomic E-state index is -0.826. The average molecular weight is 307 g/mol. The zero-order chi connectivity index (χ0) is 10.6. The van der Waals surface area contributed by atoms with Gasteiger partial charge in [0.1, 0.15) is 0 Å². The predicted molar refractivity (Wildman–Crippen MR) is 59.0 cm³/mol. The SMILES string of the molecule is CC1(C)[CH]c2ccccc2C1.[Cl][Zr][Cl]. The van der Waals surface area contributed by atoms with Gasteiger partial charge in [-0.3, -0.25) is 0 Å². The van der Waals surface area contributed by atoms with Gasteiger partial charge in [0.05, 0.1) is 0 Å². The van der Waals surface area contributed by atoms with Crippen molar-refractivity contribution in [3.8, 4) is 0 Å². The summed E-state index contributed by atoms with van der Waals surface area (Å²) >= 11 is -0.826. The van der Waals surface area contributed by atoms with Crippen LogP contribution in [0.2, 0.25) is 0 Å². The molecule has 0 unspecified atom stereocenters. The second-order valence-electron chi connectivity index (χ2n) is 4.08. The van der Waals surface area contributed by atoms with Crippen LogP contribution < -0.4 is 0 Å². The van der Waals surface area contributed by atoms with E-state index >= 15 is 0 Å². The third kappa shape index (κ3) is 3.68. The van der Waals surface area contributed by atoms with Crippen molar-refractivity contribution in [3.05, 3.63) is 41.8 Å². The van der Waals surface area contributed by atoms with Crippen LogP contribution >= 0.6 is 17.0 Å². The van der Waals surface area contributed by atoms with Crippen LogP contribution in [0.3, 0.4) is 0 Å². The second kappa shape index (κ2) is 5.68. The zero-order valence-electron chi connectivity index (χ0n) is 8.35. The molecule has 75 valence electrons. The molecule has 0 saturated carbocycles. The second-order valence-corrected chi connectivity index (χ2v) is 7.81. The Kier molecular flexibility index (Phi) is 5.17. The van der Waals surface area contributed by atoms with Crippen LogP contribution in [0.1, 0.15) is 25.0 Å². The molecule has 0 spiro atoms. The van der Waals surface area contributed by atoms with Gasteiger partial charge in [-0.2, -0.15) is 0 Å². The molecule has 0 fully saturated rings. The first-order valence-corrected chi connectivity index (χ1v) is 10.8. The number of fused-ring (bicyclic) bond motifs is 1. The van der Waals surface area contributed by atoms with Crippen LogP contribution in [-0.2, 0) is 27.3 Å². The van der Waals surface area contributed by atoms with Gasteiger partial charge in [0, 0.05) is 0 Å². The van der Waals surface area contributed by atoms with Crippen LogP contribution in [-0.4, -0.2) is 0 Å². The summed E-state index contributed by atoms with van der Waals surface area (Å²) < 4.78 is 0. The maximum atomic E-state index is 4.93. The number of halogens is 2. The van der Waals surface area contributed by atoms with E-state index in [0.29, 0.717) is 5.41 Å². The Morgan fingerprint density at radius 2 is 1.79 bits per heavy atom. The maximum absolute atomic E-state index is 4.93. The molecule has 0 nitrogen and oxygen atoms in total. The fourth-order valence-corrected chi connectivity index (χ4v) is 1.80. The van der Waals surface area contributed by atoms with Gasteiger partial charge in [-0.1, -0.05) is 38.1 Å². The van der Waals surface area contributed by atoms with E-state index in [1.165, 1.54) is 17.5 Å². The molecule has 1 aromatic carbocycles. The van der Waals surface area contributed by atoms with Gasteiger partial charge in [-0.15, -0.1) is 0 Å². The summed E-state index contributed by atoms with van der Waals surface area (Å²) in [4.78, 5) is 0. The van der Waals surface area contributed by atoms with Gasteiger partial charge in [0.15, 0.2) is 0 Å². The van der Waals surface area contributed by atoms with E-state index in [9.17, 15) is 0 Å². The first-order valence-electron chi connectivity index (χ1n) is 4.49. The van der Waals surface area contributed by atoms with Crippen LogP contribution in [0.15, 0.2) is 24.3 Å². The fraction of sp³-hybridized carbons (Fsp3) is 0.364. The summed E-state index contributed by atoms with van der Waals surface area (Å²) in [7, 11) is 9.87. The molecule has 0 aromatic heterocycles. The van der Waals surface area contributed by atoms with Crippen molar-refractivity contribution in [2.45, 2.75) is 20.3 Å². The van der Waals surface area contributed by atoms with Crippen molar-refractivity contribution < 1.29 is 20.8 Å². The van der Waals surface area contributed by atoms with Crippen LogP contribution in [0.5, 0.6) is 0 Å². The molecule has 0 heterocycles. The molecule has 0 N–H and O–H groups in total. The van der Waals surface area contributed by atoms with Crippen LogP contribution in [0.4, 0.5) is 0 Å².